The molecule has 13 aromatic rings. The van der Waals surface area contributed by atoms with Crippen molar-refractivity contribution in [2.45, 2.75) is 0 Å². The van der Waals surface area contributed by atoms with Crippen LogP contribution in [0.3, 0.4) is 0 Å². The van der Waals surface area contributed by atoms with E-state index in [0.29, 0.717) is 17.5 Å². The molecule has 0 saturated heterocycles. The molecule has 0 aliphatic carbocycles. The van der Waals surface area contributed by atoms with E-state index in [1.807, 2.05) is 18.2 Å². The van der Waals surface area contributed by atoms with Crippen LogP contribution < -0.4 is 0 Å². The summed E-state index contributed by atoms with van der Waals surface area (Å²) in [6.45, 7) is 0. The predicted molar refractivity (Wildman–Crippen MR) is 257 cm³/mol. The Morgan fingerprint density at radius 1 is 0.306 bits per heavy atom. The second kappa shape index (κ2) is 13.6. The van der Waals surface area contributed by atoms with Gasteiger partial charge in [0.2, 0.25) is 0 Å². The second-order valence-electron chi connectivity index (χ2n) is 16.0. The summed E-state index contributed by atoms with van der Waals surface area (Å²) in [5, 5.41) is 11.9. The van der Waals surface area contributed by atoms with Gasteiger partial charge in [0.1, 0.15) is 0 Å². The minimum atomic E-state index is 0.633. The average molecular weight is 790 g/mol. The van der Waals surface area contributed by atoms with Crippen LogP contribution in [-0.4, -0.2) is 24.1 Å². The van der Waals surface area contributed by atoms with Crippen molar-refractivity contribution in [2.75, 3.05) is 0 Å². The number of para-hydroxylation sites is 2. The molecule has 0 saturated carbocycles. The molecule has 0 bridgehead atoms. The minimum absolute atomic E-state index is 0.633. The number of hydrogen-bond donors (Lipinski definition) is 0. The van der Waals surface area contributed by atoms with Crippen LogP contribution in [0.5, 0.6) is 0 Å². The molecule has 3 heterocycles. The molecule has 0 unspecified atom stereocenters. The van der Waals surface area contributed by atoms with Crippen LogP contribution in [0.1, 0.15) is 0 Å². The van der Waals surface area contributed by atoms with Crippen molar-refractivity contribution < 1.29 is 0 Å². The number of rotatable bonds is 5. The van der Waals surface area contributed by atoms with Gasteiger partial charge in [0.05, 0.1) is 27.8 Å². The Labute approximate surface area is 356 Å². The lowest BCUT2D eigenvalue weighted by molar-refractivity contribution is 1.08. The SMILES string of the molecule is c1ccc(-c2nc(-c3ccc4ccccc4c3)nc(-c3cccc4c(-n5c6ccccc6c6c5ccc5c7c8ccccc8ccc7n(-c7ccccc7)c56)cccc34)n2)cc1. The smallest absolute Gasteiger partial charge is 0.164 e. The third kappa shape index (κ3) is 5.18. The van der Waals surface area contributed by atoms with Crippen molar-refractivity contribution in [3.8, 4) is 45.5 Å². The number of benzene rings is 10. The fourth-order valence-corrected chi connectivity index (χ4v) is 9.78. The number of hydrogen-bond acceptors (Lipinski definition) is 3. The first kappa shape index (κ1) is 34.5. The van der Waals surface area contributed by atoms with Crippen LogP contribution >= 0.6 is 0 Å². The van der Waals surface area contributed by atoms with Crippen LogP contribution in [0.2, 0.25) is 0 Å². The van der Waals surface area contributed by atoms with Crippen LogP contribution in [-0.2, 0) is 0 Å². The molecule has 0 fully saturated rings. The molecule has 288 valence electrons. The van der Waals surface area contributed by atoms with Crippen LogP contribution in [0.15, 0.2) is 212 Å². The van der Waals surface area contributed by atoms with E-state index in [9.17, 15) is 0 Å². The first-order valence-corrected chi connectivity index (χ1v) is 21.0. The summed E-state index contributed by atoms with van der Waals surface area (Å²) in [6, 6.07) is 75.7. The van der Waals surface area contributed by atoms with Gasteiger partial charge >= 0.3 is 0 Å². The first-order chi connectivity index (χ1) is 30.8. The van der Waals surface area contributed by atoms with Gasteiger partial charge in [0.25, 0.3) is 0 Å². The molecule has 0 radical (unpaired) electrons. The molecule has 5 heteroatoms. The van der Waals surface area contributed by atoms with Gasteiger partial charge in [0.15, 0.2) is 17.5 Å². The van der Waals surface area contributed by atoms with Gasteiger partial charge in [-0.1, -0.05) is 170 Å². The highest BCUT2D eigenvalue weighted by molar-refractivity contribution is 6.30. The quantitative estimate of drug-likeness (QED) is 0.174. The first-order valence-electron chi connectivity index (χ1n) is 21.0. The predicted octanol–water partition coefficient (Wildman–Crippen LogP) is 14.5. The number of nitrogens with zero attached hydrogens (tertiary/aromatic N) is 5. The zero-order valence-corrected chi connectivity index (χ0v) is 33.4. The van der Waals surface area contributed by atoms with E-state index in [2.05, 4.69) is 203 Å². The summed E-state index contributed by atoms with van der Waals surface area (Å²) >= 11 is 0. The highest BCUT2D eigenvalue weighted by Gasteiger charge is 2.23. The van der Waals surface area contributed by atoms with E-state index in [0.717, 1.165) is 55.3 Å². The lowest BCUT2D eigenvalue weighted by atomic mass is 10.0. The Balaban J connectivity index is 1.08. The Morgan fingerprint density at radius 3 is 1.77 bits per heavy atom. The van der Waals surface area contributed by atoms with Gasteiger partial charge in [-0.3, -0.25) is 0 Å². The topological polar surface area (TPSA) is 48.5 Å². The average Bonchev–Trinajstić information content (AvgIpc) is 3.87. The summed E-state index contributed by atoms with van der Waals surface area (Å²) in [5.41, 5.74) is 9.76. The van der Waals surface area contributed by atoms with Gasteiger partial charge < -0.3 is 9.13 Å². The van der Waals surface area contributed by atoms with Crippen molar-refractivity contribution in [3.63, 3.8) is 0 Å². The molecule has 62 heavy (non-hydrogen) atoms. The molecule has 0 spiro atoms. The standard InChI is InChI=1S/C57H35N5/c1-3-17-38(18-4-1)55-58-56(40-30-29-36-15-7-8-19-39(36)35-40)60-57(59-55)45-26-13-25-44-43(45)24-14-28-48(44)62-49-27-12-11-23-46(49)53-51(62)34-32-47-52-42-22-10-9-16-37(42)31-33-50(52)61(54(47)53)41-20-5-2-6-21-41/h1-35H. The van der Waals surface area contributed by atoms with Gasteiger partial charge in [-0.2, -0.15) is 0 Å². The van der Waals surface area contributed by atoms with Crippen molar-refractivity contribution >= 4 is 75.9 Å². The van der Waals surface area contributed by atoms with Crippen molar-refractivity contribution in [2.24, 2.45) is 0 Å². The van der Waals surface area contributed by atoms with Gasteiger partial charge in [-0.25, -0.2) is 15.0 Å². The van der Waals surface area contributed by atoms with Crippen molar-refractivity contribution in [3.05, 3.63) is 212 Å². The maximum Gasteiger partial charge on any atom is 0.164 e. The fraction of sp³-hybridized carbons (Fsp3) is 0. The third-order valence-electron chi connectivity index (χ3n) is 12.5. The fourth-order valence-electron chi connectivity index (χ4n) is 9.78. The van der Waals surface area contributed by atoms with E-state index in [1.54, 1.807) is 0 Å². The normalized spacial score (nSPS) is 11.9. The van der Waals surface area contributed by atoms with Crippen molar-refractivity contribution in [1.82, 2.24) is 24.1 Å². The monoisotopic (exact) mass is 789 g/mol. The molecule has 13 rings (SSSR count). The van der Waals surface area contributed by atoms with E-state index in [-0.39, 0.29) is 0 Å². The maximum absolute atomic E-state index is 5.23. The molecule has 0 N–H and O–H groups in total. The lowest BCUT2D eigenvalue weighted by Crippen LogP contribution is -2.01. The molecule has 0 aliphatic heterocycles. The van der Waals surface area contributed by atoms with Crippen LogP contribution in [0, 0.1) is 0 Å². The third-order valence-corrected chi connectivity index (χ3v) is 12.5. The number of aromatic nitrogens is 5. The Morgan fingerprint density at radius 2 is 0.919 bits per heavy atom. The summed E-state index contributed by atoms with van der Waals surface area (Å²) in [6.07, 6.45) is 0. The largest absolute Gasteiger partial charge is 0.309 e. The van der Waals surface area contributed by atoms with Gasteiger partial charge in [-0.05, 0) is 69.4 Å². The zero-order chi connectivity index (χ0) is 40.7. The van der Waals surface area contributed by atoms with E-state index in [4.69, 9.17) is 15.0 Å². The summed E-state index contributed by atoms with van der Waals surface area (Å²) < 4.78 is 4.92. The molecule has 0 atom stereocenters. The second-order valence-corrected chi connectivity index (χ2v) is 16.0. The summed E-state index contributed by atoms with van der Waals surface area (Å²) in [4.78, 5) is 15.5. The maximum atomic E-state index is 5.23. The molecule has 3 aromatic heterocycles. The molecular weight excluding hydrogens is 755 g/mol. The van der Waals surface area contributed by atoms with Crippen LogP contribution in [0.25, 0.3) is 121 Å². The van der Waals surface area contributed by atoms with E-state index < -0.39 is 0 Å². The molecular formula is C57H35N5. The van der Waals surface area contributed by atoms with E-state index >= 15 is 0 Å². The molecule has 0 amide bonds. The van der Waals surface area contributed by atoms with Gasteiger partial charge in [-0.15, -0.1) is 0 Å². The minimum Gasteiger partial charge on any atom is -0.309 e. The zero-order valence-electron chi connectivity index (χ0n) is 33.4. The summed E-state index contributed by atoms with van der Waals surface area (Å²) in [5.74, 6) is 1.91. The Hall–Kier alpha value is -8.41. The van der Waals surface area contributed by atoms with Crippen molar-refractivity contribution in [1.29, 1.82) is 0 Å². The Bertz CT molecular complexity index is 3920. The van der Waals surface area contributed by atoms with Gasteiger partial charge in [0, 0.05) is 49.3 Å². The lowest BCUT2D eigenvalue weighted by Gasteiger charge is -2.15. The number of fused-ring (bicyclic) bond motifs is 11. The highest BCUT2D eigenvalue weighted by Crippen LogP contribution is 2.45. The highest BCUT2D eigenvalue weighted by atomic mass is 15.0. The summed E-state index contributed by atoms with van der Waals surface area (Å²) in [7, 11) is 0. The molecule has 5 nitrogen and oxygen atoms in total. The molecule has 10 aromatic carbocycles. The van der Waals surface area contributed by atoms with E-state index in [1.165, 1.54) is 48.7 Å². The van der Waals surface area contributed by atoms with Crippen LogP contribution in [0.4, 0.5) is 0 Å². The Kier molecular flexibility index (Phi) is 7.54. The molecule has 0 aliphatic rings.